The van der Waals surface area contributed by atoms with Crippen LogP contribution >= 0.6 is 0 Å². The summed E-state index contributed by atoms with van der Waals surface area (Å²) in [5.41, 5.74) is 19.8. The van der Waals surface area contributed by atoms with Gasteiger partial charge in [0.15, 0.2) is 0 Å². The van der Waals surface area contributed by atoms with Crippen molar-refractivity contribution >= 4 is 57.2 Å². The summed E-state index contributed by atoms with van der Waals surface area (Å²) in [6.07, 6.45) is 0. The number of para-hydroxylation sites is 2. The standard InChI is InChI=1S/C59H47BN2O/c1-40-34-55-58-57(35-40)63-56-39-49(61(47-24-13-7-14-25-47)48-26-15-8-16-27-48)30-31-51(56)60(58)52-38-44(42-20-11-6-12-21-42)29-33-54(52)62(55)53-32-28-43(41-18-9-5-10-19-41)37-50(53)45-22-17-23-46(36-45)59(2,3)4/h5-39H,1-4H3. The van der Waals surface area contributed by atoms with Crippen molar-refractivity contribution in [3.63, 3.8) is 0 Å². The van der Waals surface area contributed by atoms with Crippen LogP contribution in [0.1, 0.15) is 31.9 Å². The van der Waals surface area contributed by atoms with Crippen LogP contribution in [0.5, 0.6) is 11.5 Å². The Bertz CT molecular complexity index is 3100. The van der Waals surface area contributed by atoms with E-state index in [0.29, 0.717) is 0 Å². The smallest absolute Gasteiger partial charge is 0.256 e. The highest BCUT2D eigenvalue weighted by atomic mass is 16.5. The molecule has 0 unspecified atom stereocenters. The third-order valence-corrected chi connectivity index (χ3v) is 12.7. The molecule has 9 aromatic carbocycles. The first-order valence-electron chi connectivity index (χ1n) is 21.9. The number of aryl methyl sites for hydroxylation is 1. The van der Waals surface area contributed by atoms with Crippen molar-refractivity contribution < 1.29 is 4.74 Å². The molecule has 0 amide bonds. The van der Waals surface area contributed by atoms with E-state index in [1.807, 2.05) is 0 Å². The second-order valence-corrected chi connectivity index (χ2v) is 17.9. The van der Waals surface area contributed by atoms with Crippen molar-refractivity contribution in [2.24, 2.45) is 0 Å². The number of rotatable bonds is 7. The highest BCUT2D eigenvalue weighted by Gasteiger charge is 2.43. The zero-order chi connectivity index (χ0) is 42.7. The largest absolute Gasteiger partial charge is 0.458 e. The maximum Gasteiger partial charge on any atom is 0.256 e. The topological polar surface area (TPSA) is 15.7 Å². The van der Waals surface area contributed by atoms with E-state index in [1.54, 1.807) is 0 Å². The van der Waals surface area contributed by atoms with E-state index in [1.165, 1.54) is 49.9 Å². The van der Waals surface area contributed by atoms with Crippen molar-refractivity contribution in [1.82, 2.24) is 0 Å². The molecule has 11 rings (SSSR count). The quantitative estimate of drug-likeness (QED) is 0.149. The summed E-state index contributed by atoms with van der Waals surface area (Å²) in [7, 11) is 0. The number of nitrogens with zero attached hydrogens (tertiary/aromatic N) is 2. The minimum Gasteiger partial charge on any atom is -0.458 e. The first kappa shape index (κ1) is 38.4. The lowest BCUT2D eigenvalue weighted by molar-refractivity contribution is 0.487. The lowest BCUT2D eigenvalue weighted by atomic mass is 9.34. The monoisotopic (exact) mass is 810 g/mol. The summed E-state index contributed by atoms with van der Waals surface area (Å²) < 4.78 is 7.17. The molecule has 0 aromatic heterocycles. The zero-order valence-corrected chi connectivity index (χ0v) is 36.1. The van der Waals surface area contributed by atoms with Gasteiger partial charge in [0.05, 0.1) is 5.69 Å². The number of hydrogen-bond acceptors (Lipinski definition) is 3. The summed E-state index contributed by atoms with van der Waals surface area (Å²) in [6, 6.07) is 77.2. The third kappa shape index (κ3) is 6.89. The van der Waals surface area contributed by atoms with Crippen LogP contribution in [-0.4, -0.2) is 6.71 Å². The molecule has 0 spiro atoms. The Balaban J connectivity index is 1.15. The fourth-order valence-electron chi connectivity index (χ4n) is 9.61. The normalized spacial score (nSPS) is 12.5. The Morgan fingerprint density at radius 1 is 0.429 bits per heavy atom. The fraction of sp³-hybridized carbons (Fsp3) is 0.0847. The van der Waals surface area contributed by atoms with Crippen LogP contribution in [0, 0.1) is 6.92 Å². The van der Waals surface area contributed by atoms with Crippen LogP contribution in [-0.2, 0) is 5.41 Å². The van der Waals surface area contributed by atoms with E-state index >= 15 is 0 Å². The van der Waals surface area contributed by atoms with Gasteiger partial charge in [0, 0.05) is 40.1 Å². The predicted molar refractivity (Wildman–Crippen MR) is 267 cm³/mol. The summed E-state index contributed by atoms with van der Waals surface area (Å²) in [4.78, 5) is 4.82. The van der Waals surface area contributed by atoms with Crippen molar-refractivity contribution in [3.05, 3.63) is 223 Å². The van der Waals surface area contributed by atoms with Gasteiger partial charge in [0.1, 0.15) is 11.5 Å². The van der Waals surface area contributed by atoms with E-state index in [2.05, 4.69) is 250 Å². The fourth-order valence-corrected chi connectivity index (χ4v) is 9.61. The molecule has 0 radical (unpaired) electrons. The lowest BCUT2D eigenvalue weighted by Gasteiger charge is -2.41. The molecule has 0 atom stereocenters. The Morgan fingerprint density at radius 3 is 1.65 bits per heavy atom. The summed E-state index contributed by atoms with van der Waals surface area (Å²) in [5, 5.41) is 0. The summed E-state index contributed by atoms with van der Waals surface area (Å²) in [6.45, 7) is 8.99. The van der Waals surface area contributed by atoms with Crippen LogP contribution in [0.3, 0.4) is 0 Å². The van der Waals surface area contributed by atoms with E-state index < -0.39 is 0 Å². The summed E-state index contributed by atoms with van der Waals surface area (Å²) in [5.74, 6) is 1.76. The number of anilines is 6. The molecule has 302 valence electrons. The van der Waals surface area contributed by atoms with Crippen molar-refractivity contribution in [2.45, 2.75) is 33.1 Å². The van der Waals surface area contributed by atoms with Crippen molar-refractivity contribution in [2.75, 3.05) is 9.80 Å². The first-order chi connectivity index (χ1) is 30.8. The molecule has 0 fully saturated rings. The van der Waals surface area contributed by atoms with Crippen LogP contribution in [0.15, 0.2) is 212 Å². The predicted octanol–water partition coefficient (Wildman–Crippen LogP) is 14.2. The third-order valence-electron chi connectivity index (χ3n) is 12.7. The molecule has 4 heteroatoms. The first-order valence-corrected chi connectivity index (χ1v) is 21.9. The molecule has 63 heavy (non-hydrogen) atoms. The molecule has 0 N–H and O–H groups in total. The average molecular weight is 811 g/mol. The molecule has 2 aliphatic heterocycles. The molecule has 9 aromatic rings. The van der Waals surface area contributed by atoms with E-state index in [9.17, 15) is 0 Å². The van der Waals surface area contributed by atoms with Gasteiger partial charge in [-0.3, -0.25) is 0 Å². The number of ether oxygens (including phenoxy) is 1. The highest BCUT2D eigenvalue weighted by molar-refractivity contribution is 6.99. The van der Waals surface area contributed by atoms with E-state index in [0.717, 1.165) is 56.6 Å². The van der Waals surface area contributed by atoms with Crippen LogP contribution in [0.4, 0.5) is 34.1 Å². The van der Waals surface area contributed by atoms with Crippen LogP contribution in [0.25, 0.3) is 33.4 Å². The molecule has 0 aliphatic carbocycles. The number of hydrogen-bond donors (Lipinski definition) is 0. The molecule has 3 nitrogen and oxygen atoms in total. The van der Waals surface area contributed by atoms with Crippen molar-refractivity contribution in [3.8, 4) is 44.9 Å². The second kappa shape index (κ2) is 15.4. The molecule has 0 saturated carbocycles. The van der Waals surface area contributed by atoms with Crippen LogP contribution < -0.4 is 30.9 Å². The van der Waals surface area contributed by atoms with Gasteiger partial charge < -0.3 is 14.5 Å². The van der Waals surface area contributed by atoms with E-state index in [4.69, 9.17) is 4.74 Å². The highest BCUT2D eigenvalue weighted by Crippen LogP contribution is 2.47. The van der Waals surface area contributed by atoms with Gasteiger partial charge in [-0.2, -0.15) is 0 Å². The number of fused-ring (bicyclic) bond motifs is 4. The SMILES string of the molecule is Cc1cc2c3c(c1)N(c1ccc(-c4ccccc4)cc1-c1cccc(C(C)(C)C)c1)c1ccc(-c4ccccc4)cc1B3c1ccc(N(c3ccccc3)c3ccccc3)cc1O2. The van der Waals surface area contributed by atoms with Gasteiger partial charge in [0.25, 0.3) is 6.71 Å². The average Bonchev–Trinajstić information content (AvgIpc) is 3.32. The van der Waals surface area contributed by atoms with Crippen LogP contribution in [0.2, 0.25) is 0 Å². The number of benzene rings is 9. The maximum atomic E-state index is 7.17. The minimum atomic E-state index is -0.0681. The molecule has 2 heterocycles. The lowest BCUT2D eigenvalue weighted by Crippen LogP contribution is -2.59. The van der Waals surface area contributed by atoms with Gasteiger partial charge in [-0.25, -0.2) is 0 Å². The second-order valence-electron chi connectivity index (χ2n) is 17.9. The minimum absolute atomic E-state index is 0.00850. The van der Waals surface area contributed by atoms with Gasteiger partial charge in [-0.1, -0.05) is 166 Å². The van der Waals surface area contributed by atoms with Gasteiger partial charge >= 0.3 is 0 Å². The molecular weight excluding hydrogens is 763 g/mol. The summed E-state index contributed by atoms with van der Waals surface area (Å²) >= 11 is 0. The maximum absolute atomic E-state index is 7.17. The Morgan fingerprint density at radius 2 is 1.02 bits per heavy atom. The Hall–Kier alpha value is -7.56. The Kier molecular flexibility index (Phi) is 9.39. The van der Waals surface area contributed by atoms with Gasteiger partial charge in [-0.15, -0.1) is 0 Å². The van der Waals surface area contributed by atoms with Gasteiger partial charge in [-0.05, 0) is 128 Å². The van der Waals surface area contributed by atoms with Gasteiger partial charge in [0.2, 0.25) is 0 Å². The molecule has 0 bridgehead atoms. The Labute approximate surface area is 371 Å². The van der Waals surface area contributed by atoms with Crippen molar-refractivity contribution in [1.29, 1.82) is 0 Å². The van der Waals surface area contributed by atoms with E-state index in [-0.39, 0.29) is 12.1 Å². The molecular formula is C59H47BN2O. The molecule has 2 aliphatic rings. The zero-order valence-electron chi connectivity index (χ0n) is 36.1. The molecule has 0 saturated heterocycles.